The molecule has 4 aliphatic rings. The molecule has 0 atom stereocenters. The summed E-state index contributed by atoms with van der Waals surface area (Å²) in [4.78, 5) is 16.4. The molecule has 9 heteroatoms. The number of esters is 1. The third kappa shape index (κ3) is 6.52. The summed E-state index contributed by atoms with van der Waals surface area (Å²) in [6, 6.07) is 30.2. The second-order valence-corrected chi connectivity index (χ2v) is 15.1. The summed E-state index contributed by atoms with van der Waals surface area (Å²) in [5.41, 5.74) is 0.632. The van der Waals surface area contributed by atoms with Gasteiger partial charge >= 0.3 is 21.3 Å². The first kappa shape index (κ1) is 29.7. The minimum Gasteiger partial charge on any atom is -0.458 e. The second-order valence-electron chi connectivity index (χ2n) is 11.6. The normalized spacial score (nSPS) is 25.0. The molecule has 3 aromatic rings. The number of ether oxygens (including phenoxy) is 1. The third-order valence-electron chi connectivity index (χ3n) is 8.49. The van der Waals surface area contributed by atoms with Crippen molar-refractivity contribution in [2.24, 2.45) is 23.2 Å². The number of alkyl halides is 2. The van der Waals surface area contributed by atoms with Crippen LogP contribution < -0.4 is 0 Å². The Hall–Kier alpha value is -2.75. The van der Waals surface area contributed by atoms with Crippen LogP contribution in [0.1, 0.15) is 44.1 Å². The van der Waals surface area contributed by atoms with Crippen LogP contribution in [0, 0.1) is 30.1 Å². The zero-order valence-corrected chi connectivity index (χ0v) is 24.6. The van der Waals surface area contributed by atoms with Gasteiger partial charge in [0.15, 0.2) is 21.3 Å². The monoisotopic (exact) mass is 601 g/mol. The van der Waals surface area contributed by atoms with Crippen LogP contribution in [-0.4, -0.2) is 30.8 Å². The lowest BCUT2D eigenvalue weighted by molar-refractivity contribution is -0.176. The van der Waals surface area contributed by atoms with Gasteiger partial charge in [0.2, 0.25) is 0 Å². The fourth-order valence-electron chi connectivity index (χ4n) is 7.03. The van der Waals surface area contributed by atoms with Gasteiger partial charge in [-0.3, -0.25) is 9.35 Å². The van der Waals surface area contributed by atoms with Gasteiger partial charge in [0.1, 0.15) is 0 Å². The van der Waals surface area contributed by atoms with Gasteiger partial charge < -0.3 is 4.74 Å². The second kappa shape index (κ2) is 11.9. The minimum atomic E-state index is -5.56. The number of hydrogen-bond acceptors (Lipinski definition) is 4. The van der Waals surface area contributed by atoms with Gasteiger partial charge in [-0.2, -0.15) is 17.2 Å². The van der Waals surface area contributed by atoms with Crippen molar-refractivity contribution < 1.29 is 31.3 Å². The summed E-state index contributed by atoms with van der Waals surface area (Å²) in [7, 11) is -5.59. The molecule has 4 saturated carbocycles. The standard InChI is InChI=1S/C19H17S.C13H18F2O5S/c1-16-10-8-9-15-19(16)20(17-11-4-2-5-12-17)18-13-6-3-7-14-18;14-13(15,21(17,18)19)7-20-11(16)12-4-8-1-9(5-12)3-10(2-8)6-12/h2-15H,1H3;8-10H,1-7H2,(H,17,18,19)/q+1;. The zero-order valence-electron chi connectivity index (χ0n) is 22.9. The van der Waals surface area contributed by atoms with E-state index >= 15 is 0 Å². The smallest absolute Gasteiger partial charge is 0.402 e. The molecule has 41 heavy (non-hydrogen) atoms. The lowest BCUT2D eigenvalue weighted by atomic mass is 9.49. The molecule has 0 spiro atoms. The van der Waals surface area contributed by atoms with Crippen LogP contribution in [0.25, 0.3) is 0 Å². The number of benzene rings is 3. The summed E-state index contributed by atoms with van der Waals surface area (Å²) in [6.45, 7) is 0.577. The van der Waals surface area contributed by atoms with Gasteiger partial charge in [-0.1, -0.05) is 54.6 Å². The molecular formula is C32H35F2O5S2+. The van der Waals surface area contributed by atoms with Gasteiger partial charge in [0.25, 0.3) is 0 Å². The Kier molecular flexibility index (Phi) is 8.60. The maximum absolute atomic E-state index is 13.1. The Morgan fingerprint density at radius 2 is 1.29 bits per heavy atom. The average Bonchev–Trinajstić information content (AvgIpc) is 2.93. The van der Waals surface area contributed by atoms with E-state index in [1.54, 1.807) is 0 Å². The summed E-state index contributed by atoms with van der Waals surface area (Å²) < 4.78 is 60.4. The van der Waals surface area contributed by atoms with E-state index in [4.69, 9.17) is 4.55 Å². The lowest BCUT2D eigenvalue weighted by Crippen LogP contribution is -2.51. The first-order valence-electron chi connectivity index (χ1n) is 13.9. The largest absolute Gasteiger partial charge is 0.458 e. The Balaban J connectivity index is 0.000000165. The van der Waals surface area contributed by atoms with Crippen LogP contribution in [-0.2, 0) is 30.5 Å². The average molecular weight is 602 g/mol. The van der Waals surface area contributed by atoms with Gasteiger partial charge in [0.05, 0.1) is 16.3 Å². The van der Waals surface area contributed by atoms with Gasteiger partial charge in [-0.05, 0) is 93.5 Å². The molecule has 0 amide bonds. The van der Waals surface area contributed by atoms with E-state index in [-0.39, 0.29) is 10.9 Å². The number of rotatable bonds is 7. The highest BCUT2D eigenvalue weighted by Gasteiger charge is 2.56. The van der Waals surface area contributed by atoms with E-state index in [0.29, 0.717) is 37.0 Å². The van der Waals surface area contributed by atoms with Gasteiger partial charge in [-0.25, -0.2) is 0 Å². The Morgan fingerprint density at radius 1 is 0.854 bits per heavy atom. The van der Waals surface area contributed by atoms with E-state index in [9.17, 15) is 22.0 Å². The maximum atomic E-state index is 13.1. The first-order valence-corrected chi connectivity index (χ1v) is 16.6. The predicted octanol–water partition coefficient (Wildman–Crippen LogP) is 7.32. The number of halogens is 2. The minimum absolute atomic E-state index is 0.0262. The molecule has 4 fully saturated rings. The highest BCUT2D eigenvalue weighted by atomic mass is 32.2. The van der Waals surface area contributed by atoms with E-state index < -0.39 is 33.4 Å². The van der Waals surface area contributed by atoms with E-state index in [1.807, 2.05) is 0 Å². The third-order valence-corrected chi connectivity index (χ3v) is 11.7. The molecule has 4 aliphatic carbocycles. The molecule has 1 N–H and O–H groups in total. The van der Waals surface area contributed by atoms with Crippen LogP contribution in [0.4, 0.5) is 8.78 Å². The van der Waals surface area contributed by atoms with Crippen molar-refractivity contribution >= 4 is 27.0 Å². The highest BCUT2D eigenvalue weighted by Crippen LogP contribution is 2.60. The van der Waals surface area contributed by atoms with Gasteiger partial charge in [0, 0.05) is 5.56 Å². The summed E-state index contributed by atoms with van der Waals surface area (Å²) in [5.74, 6) is 0.618. The molecule has 0 aromatic heterocycles. The van der Waals surface area contributed by atoms with E-state index in [2.05, 4.69) is 96.6 Å². The molecule has 5 nitrogen and oxygen atoms in total. The molecule has 0 unspecified atom stereocenters. The molecule has 0 heterocycles. The molecule has 0 saturated heterocycles. The van der Waals surface area contributed by atoms with Crippen molar-refractivity contribution in [1.82, 2.24) is 0 Å². The fourth-order valence-corrected chi connectivity index (χ4v) is 9.48. The molecule has 7 rings (SSSR count). The predicted molar refractivity (Wildman–Crippen MR) is 154 cm³/mol. The van der Waals surface area contributed by atoms with Gasteiger partial charge in [-0.15, -0.1) is 0 Å². The zero-order chi connectivity index (χ0) is 29.3. The van der Waals surface area contributed by atoms with Crippen molar-refractivity contribution in [2.45, 2.75) is 65.4 Å². The quantitative estimate of drug-likeness (QED) is 0.174. The molecule has 3 aromatic carbocycles. The van der Waals surface area contributed by atoms with Crippen LogP contribution in [0.3, 0.4) is 0 Å². The van der Waals surface area contributed by atoms with Crippen molar-refractivity contribution in [3.8, 4) is 0 Å². The summed E-state index contributed by atoms with van der Waals surface area (Å²) in [6.07, 6.45) is 5.22. The lowest BCUT2D eigenvalue weighted by Gasteiger charge is -2.55. The molecule has 4 bridgehead atoms. The maximum Gasteiger partial charge on any atom is 0.402 e. The molecule has 0 aliphatic heterocycles. The van der Waals surface area contributed by atoms with Crippen LogP contribution in [0.5, 0.6) is 0 Å². The SMILES string of the molecule is Cc1ccccc1[S+](c1ccccc1)c1ccccc1.O=C(OCC(F)(F)S(=O)(=O)O)C12CC3CC(CC(C3)C1)C2. The molecule has 218 valence electrons. The number of carbonyl (C=O) groups excluding carboxylic acids is 1. The van der Waals surface area contributed by atoms with Crippen molar-refractivity contribution in [3.63, 3.8) is 0 Å². The van der Waals surface area contributed by atoms with E-state index in [0.717, 1.165) is 19.3 Å². The Labute approximate surface area is 243 Å². The topological polar surface area (TPSA) is 80.7 Å². The van der Waals surface area contributed by atoms with Crippen molar-refractivity contribution in [2.75, 3.05) is 6.61 Å². The molecule has 0 radical (unpaired) electrons. The number of hydrogen-bond donors (Lipinski definition) is 1. The Morgan fingerprint density at radius 3 is 1.73 bits per heavy atom. The summed E-state index contributed by atoms with van der Waals surface area (Å²) >= 11 is 0. The van der Waals surface area contributed by atoms with E-state index in [1.165, 1.54) is 20.2 Å². The molecular weight excluding hydrogens is 566 g/mol. The van der Waals surface area contributed by atoms with Crippen molar-refractivity contribution in [3.05, 3.63) is 90.5 Å². The van der Waals surface area contributed by atoms with Crippen LogP contribution >= 0.6 is 0 Å². The highest BCUT2D eigenvalue weighted by molar-refractivity contribution is 7.97. The van der Waals surface area contributed by atoms with Crippen molar-refractivity contribution in [1.29, 1.82) is 0 Å². The Bertz CT molecular complexity index is 1390. The number of aryl methyl sites for hydroxylation is 1. The fraction of sp³-hybridized carbons (Fsp3) is 0.406. The first-order chi connectivity index (χ1) is 19.5. The van der Waals surface area contributed by atoms with Crippen LogP contribution in [0.15, 0.2) is 99.6 Å². The van der Waals surface area contributed by atoms with Crippen LogP contribution in [0.2, 0.25) is 0 Å². The summed E-state index contributed by atoms with van der Waals surface area (Å²) in [5, 5.41) is -4.45. The number of carbonyl (C=O) groups is 1.